The van der Waals surface area contributed by atoms with Gasteiger partial charge >= 0.3 is 5.97 Å². The van der Waals surface area contributed by atoms with Gasteiger partial charge in [-0.2, -0.15) is 0 Å². The van der Waals surface area contributed by atoms with Gasteiger partial charge in [-0.05, 0) is 25.1 Å². The van der Waals surface area contributed by atoms with E-state index in [9.17, 15) is 4.79 Å². The highest BCUT2D eigenvalue weighted by molar-refractivity contribution is 5.92. The van der Waals surface area contributed by atoms with Gasteiger partial charge in [0.15, 0.2) is 0 Å². The van der Waals surface area contributed by atoms with Crippen molar-refractivity contribution in [2.24, 2.45) is 5.73 Å². The van der Waals surface area contributed by atoms with E-state index in [0.717, 1.165) is 0 Å². The molecule has 2 N–H and O–H groups in total. The van der Waals surface area contributed by atoms with Gasteiger partial charge < -0.3 is 10.5 Å². The molecule has 0 fully saturated rings. The minimum absolute atomic E-state index is 0.0607. The highest BCUT2D eigenvalue weighted by atomic mass is 16.5. The van der Waals surface area contributed by atoms with Crippen LogP contribution in [0.1, 0.15) is 26.5 Å². The number of esters is 1. The van der Waals surface area contributed by atoms with Crippen molar-refractivity contribution < 1.29 is 9.53 Å². The standard InChI is InChI=1S/C10H12N2O2.C2H6/c1-2-14-10(13)9(11)7-8-5-3-4-6-12-8;1-2/h3-7H,2,11H2,1H3;1-2H3/b9-7-;. The average Bonchev–Trinajstić information content (AvgIpc) is 2.33. The number of ether oxygens (including phenoxy) is 1. The summed E-state index contributed by atoms with van der Waals surface area (Å²) in [6.45, 7) is 6.04. The van der Waals surface area contributed by atoms with Crippen LogP contribution in [0, 0.1) is 0 Å². The molecule has 1 aromatic rings. The van der Waals surface area contributed by atoms with Crippen LogP contribution in [0.3, 0.4) is 0 Å². The van der Waals surface area contributed by atoms with Crippen LogP contribution in [0.5, 0.6) is 0 Å². The first-order valence-corrected chi connectivity index (χ1v) is 5.29. The van der Waals surface area contributed by atoms with Crippen LogP contribution in [-0.2, 0) is 9.53 Å². The summed E-state index contributed by atoms with van der Waals surface area (Å²) in [6, 6.07) is 5.36. The molecular formula is C12H18N2O2. The van der Waals surface area contributed by atoms with Crippen LogP contribution < -0.4 is 5.73 Å². The molecule has 0 saturated heterocycles. The van der Waals surface area contributed by atoms with Crippen LogP contribution in [0.4, 0.5) is 0 Å². The molecule has 1 heterocycles. The molecule has 4 heteroatoms. The molecule has 0 radical (unpaired) electrons. The monoisotopic (exact) mass is 222 g/mol. The number of carbonyl (C=O) groups excluding carboxylic acids is 1. The molecule has 0 saturated carbocycles. The summed E-state index contributed by atoms with van der Waals surface area (Å²) in [5.74, 6) is -0.516. The molecule has 0 unspecified atom stereocenters. The summed E-state index contributed by atoms with van der Waals surface area (Å²) < 4.78 is 4.72. The predicted molar refractivity (Wildman–Crippen MR) is 64.4 cm³/mol. The highest BCUT2D eigenvalue weighted by Gasteiger charge is 2.04. The Kier molecular flexibility index (Phi) is 7.49. The van der Waals surface area contributed by atoms with Crippen molar-refractivity contribution in [1.29, 1.82) is 0 Å². The van der Waals surface area contributed by atoms with E-state index in [2.05, 4.69) is 4.98 Å². The number of carbonyl (C=O) groups is 1. The number of aromatic nitrogens is 1. The SMILES string of the molecule is CC.CCOC(=O)/C(N)=C/c1ccccn1. The maximum absolute atomic E-state index is 11.1. The van der Waals surface area contributed by atoms with Gasteiger partial charge in [0.2, 0.25) is 0 Å². The van der Waals surface area contributed by atoms with Gasteiger partial charge in [-0.1, -0.05) is 19.9 Å². The quantitative estimate of drug-likeness (QED) is 0.627. The van der Waals surface area contributed by atoms with Gasteiger partial charge in [0, 0.05) is 6.20 Å². The molecule has 4 nitrogen and oxygen atoms in total. The van der Waals surface area contributed by atoms with Gasteiger partial charge in [-0.25, -0.2) is 4.79 Å². The Morgan fingerprint density at radius 2 is 2.19 bits per heavy atom. The zero-order chi connectivity index (χ0) is 12.4. The van der Waals surface area contributed by atoms with E-state index in [1.54, 1.807) is 25.3 Å². The molecule has 0 aromatic carbocycles. The lowest BCUT2D eigenvalue weighted by atomic mass is 10.3. The van der Waals surface area contributed by atoms with E-state index >= 15 is 0 Å². The lowest BCUT2D eigenvalue weighted by Gasteiger charge is -2.00. The number of nitrogens with two attached hydrogens (primary N) is 1. The first kappa shape index (κ1) is 14.2. The van der Waals surface area contributed by atoms with Crippen molar-refractivity contribution in [3.05, 3.63) is 35.8 Å². The first-order chi connectivity index (χ1) is 7.74. The molecule has 0 amide bonds. The van der Waals surface area contributed by atoms with E-state index < -0.39 is 5.97 Å². The molecule has 0 bridgehead atoms. The molecule has 88 valence electrons. The van der Waals surface area contributed by atoms with E-state index in [4.69, 9.17) is 10.5 Å². The second-order valence-corrected chi connectivity index (χ2v) is 2.57. The third-order valence-corrected chi connectivity index (χ3v) is 1.50. The zero-order valence-electron chi connectivity index (χ0n) is 9.93. The number of hydrogen-bond acceptors (Lipinski definition) is 4. The molecule has 0 atom stereocenters. The smallest absolute Gasteiger partial charge is 0.354 e. The summed E-state index contributed by atoms with van der Waals surface area (Å²) in [5, 5.41) is 0. The van der Waals surface area contributed by atoms with Gasteiger partial charge in [0.25, 0.3) is 0 Å². The van der Waals surface area contributed by atoms with Crippen molar-refractivity contribution in [1.82, 2.24) is 4.98 Å². The van der Waals surface area contributed by atoms with Crippen LogP contribution in [0.25, 0.3) is 6.08 Å². The number of hydrogen-bond donors (Lipinski definition) is 1. The summed E-state index contributed by atoms with van der Waals surface area (Å²) in [5.41, 5.74) is 6.18. The topological polar surface area (TPSA) is 65.2 Å². The van der Waals surface area contributed by atoms with Crippen LogP contribution in [0.15, 0.2) is 30.1 Å². The third kappa shape index (κ3) is 5.14. The van der Waals surface area contributed by atoms with E-state index in [1.807, 2.05) is 19.9 Å². The fourth-order valence-electron chi connectivity index (χ4n) is 0.894. The zero-order valence-corrected chi connectivity index (χ0v) is 9.93. The molecule has 16 heavy (non-hydrogen) atoms. The second kappa shape index (κ2) is 8.47. The van der Waals surface area contributed by atoms with Gasteiger partial charge in [0.1, 0.15) is 5.70 Å². The van der Waals surface area contributed by atoms with E-state index in [1.165, 1.54) is 6.08 Å². The Morgan fingerprint density at radius 3 is 2.69 bits per heavy atom. The van der Waals surface area contributed by atoms with Crippen LogP contribution in [0.2, 0.25) is 0 Å². The highest BCUT2D eigenvalue weighted by Crippen LogP contribution is 2.00. The molecule has 1 aromatic heterocycles. The van der Waals surface area contributed by atoms with Gasteiger partial charge in [-0.15, -0.1) is 0 Å². The minimum Gasteiger partial charge on any atom is -0.461 e. The van der Waals surface area contributed by atoms with Gasteiger partial charge in [0.05, 0.1) is 12.3 Å². The first-order valence-electron chi connectivity index (χ1n) is 5.29. The Bertz CT molecular complexity index is 334. The lowest BCUT2D eigenvalue weighted by molar-refractivity contribution is -0.138. The molecule has 0 aliphatic heterocycles. The lowest BCUT2D eigenvalue weighted by Crippen LogP contribution is -2.14. The van der Waals surface area contributed by atoms with Crippen LogP contribution in [-0.4, -0.2) is 17.6 Å². The van der Waals surface area contributed by atoms with Crippen molar-refractivity contribution in [2.45, 2.75) is 20.8 Å². The minimum atomic E-state index is -0.516. The maximum Gasteiger partial charge on any atom is 0.354 e. The number of pyridine rings is 1. The Balaban J connectivity index is 0.00000106. The summed E-state index contributed by atoms with van der Waals surface area (Å²) >= 11 is 0. The molecular weight excluding hydrogens is 204 g/mol. The van der Waals surface area contributed by atoms with Gasteiger partial charge in [-0.3, -0.25) is 4.98 Å². The largest absolute Gasteiger partial charge is 0.461 e. The van der Waals surface area contributed by atoms with E-state index in [0.29, 0.717) is 12.3 Å². The molecule has 0 aliphatic rings. The summed E-state index contributed by atoms with van der Waals surface area (Å²) in [7, 11) is 0. The van der Waals surface area contributed by atoms with E-state index in [-0.39, 0.29) is 5.70 Å². The normalized spacial score (nSPS) is 10.1. The maximum atomic E-state index is 11.1. The fourth-order valence-corrected chi connectivity index (χ4v) is 0.894. The average molecular weight is 222 g/mol. The molecule has 0 aliphatic carbocycles. The summed E-state index contributed by atoms with van der Waals surface area (Å²) in [4.78, 5) is 15.1. The third-order valence-electron chi connectivity index (χ3n) is 1.50. The van der Waals surface area contributed by atoms with Crippen molar-refractivity contribution in [3.63, 3.8) is 0 Å². The molecule has 1 rings (SSSR count). The number of nitrogens with zero attached hydrogens (tertiary/aromatic N) is 1. The van der Waals surface area contributed by atoms with Crippen molar-refractivity contribution in [2.75, 3.05) is 6.61 Å². The van der Waals surface area contributed by atoms with Crippen LogP contribution >= 0.6 is 0 Å². The Labute approximate surface area is 96.1 Å². The van der Waals surface area contributed by atoms with Crippen molar-refractivity contribution in [3.8, 4) is 0 Å². The van der Waals surface area contributed by atoms with Crippen molar-refractivity contribution >= 4 is 12.0 Å². The second-order valence-electron chi connectivity index (χ2n) is 2.57. The molecule has 0 spiro atoms. The summed E-state index contributed by atoms with van der Waals surface area (Å²) in [6.07, 6.45) is 3.11. The Morgan fingerprint density at radius 1 is 1.50 bits per heavy atom. The fraction of sp³-hybridized carbons (Fsp3) is 0.333. The predicted octanol–water partition coefficient (Wildman–Crippen LogP) is 1.97. The Hall–Kier alpha value is -1.84. The number of rotatable bonds is 3.